The number of anilines is 2. The Morgan fingerprint density at radius 1 is 1.00 bits per heavy atom. The molecular formula is C20H20Cl2N4O. The van der Waals surface area contributed by atoms with E-state index >= 15 is 0 Å². The van der Waals surface area contributed by atoms with Gasteiger partial charge in [0, 0.05) is 16.5 Å². The average molecular weight is 403 g/mol. The molecule has 2 aromatic carbocycles. The lowest BCUT2D eigenvalue weighted by molar-refractivity contribution is 0.262. The number of urea groups is 1. The molecule has 5 nitrogen and oxygen atoms in total. The summed E-state index contributed by atoms with van der Waals surface area (Å²) in [6.07, 6.45) is 0. The van der Waals surface area contributed by atoms with Crippen LogP contribution in [0.1, 0.15) is 26.5 Å². The largest absolute Gasteiger partial charge is 0.324 e. The van der Waals surface area contributed by atoms with Gasteiger partial charge >= 0.3 is 6.03 Å². The second kappa shape index (κ2) is 7.62. The zero-order valence-corrected chi connectivity index (χ0v) is 16.8. The van der Waals surface area contributed by atoms with Gasteiger partial charge in [-0.2, -0.15) is 5.10 Å². The molecule has 140 valence electrons. The molecule has 0 spiro atoms. The fraction of sp³-hybridized carbons (Fsp3) is 0.200. The van der Waals surface area contributed by atoms with Crippen LogP contribution in [0.15, 0.2) is 54.6 Å². The fourth-order valence-corrected chi connectivity index (χ4v) is 2.92. The molecule has 0 saturated heterocycles. The Kier molecular flexibility index (Phi) is 5.44. The highest BCUT2D eigenvalue weighted by atomic mass is 35.5. The van der Waals surface area contributed by atoms with E-state index in [4.69, 9.17) is 23.2 Å². The Labute approximate surface area is 168 Å². The van der Waals surface area contributed by atoms with Crippen molar-refractivity contribution in [1.29, 1.82) is 0 Å². The summed E-state index contributed by atoms with van der Waals surface area (Å²) in [5.74, 6) is 0.564. The first-order valence-electron chi connectivity index (χ1n) is 8.43. The molecule has 27 heavy (non-hydrogen) atoms. The summed E-state index contributed by atoms with van der Waals surface area (Å²) in [5, 5.41) is 11.1. The van der Waals surface area contributed by atoms with Crippen LogP contribution in [-0.4, -0.2) is 15.8 Å². The minimum atomic E-state index is -0.420. The molecule has 0 radical (unpaired) electrons. The lowest BCUT2D eigenvalue weighted by atomic mass is 9.92. The quantitative estimate of drug-likeness (QED) is 0.554. The van der Waals surface area contributed by atoms with E-state index in [0.717, 1.165) is 11.4 Å². The number of hydrogen-bond donors (Lipinski definition) is 2. The highest BCUT2D eigenvalue weighted by Gasteiger charge is 2.21. The van der Waals surface area contributed by atoms with Gasteiger partial charge in [0.25, 0.3) is 0 Å². The van der Waals surface area contributed by atoms with Gasteiger partial charge in [-0.25, -0.2) is 9.48 Å². The summed E-state index contributed by atoms with van der Waals surface area (Å²) in [6, 6.07) is 16.0. The summed E-state index contributed by atoms with van der Waals surface area (Å²) < 4.78 is 1.71. The van der Waals surface area contributed by atoms with Crippen molar-refractivity contribution >= 4 is 40.7 Å². The Morgan fingerprint density at radius 2 is 1.70 bits per heavy atom. The van der Waals surface area contributed by atoms with Crippen molar-refractivity contribution in [2.75, 3.05) is 10.6 Å². The summed E-state index contributed by atoms with van der Waals surface area (Å²) in [6.45, 7) is 6.21. The monoisotopic (exact) mass is 402 g/mol. The van der Waals surface area contributed by atoms with E-state index in [2.05, 4.69) is 36.5 Å². The third-order valence-corrected chi connectivity index (χ3v) is 4.45. The number of amides is 2. The van der Waals surface area contributed by atoms with Gasteiger partial charge in [-0.15, -0.1) is 0 Å². The van der Waals surface area contributed by atoms with E-state index in [1.807, 2.05) is 36.4 Å². The van der Waals surface area contributed by atoms with Crippen LogP contribution >= 0.6 is 23.2 Å². The SMILES string of the molecule is CC(C)(C)c1cc(NC(=O)Nc2ccc(Cl)cc2Cl)n(-c2ccccc2)n1. The van der Waals surface area contributed by atoms with Crippen molar-refractivity contribution < 1.29 is 4.79 Å². The van der Waals surface area contributed by atoms with E-state index in [1.165, 1.54) is 0 Å². The molecule has 0 fully saturated rings. The Balaban J connectivity index is 1.89. The maximum absolute atomic E-state index is 12.5. The van der Waals surface area contributed by atoms with Crippen LogP contribution < -0.4 is 10.6 Å². The molecule has 0 unspecified atom stereocenters. The summed E-state index contributed by atoms with van der Waals surface area (Å²) in [7, 11) is 0. The molecule has 1 aromatic heterocycles. The first-order valence-corrected chi connectivity index (χ1v) is 9.18. The molecule has 1 heterocycles. The van der Waals surface area contributed by atoms with Crippen LogP contribution in [0.25, 0.3) is 5.69 Å². The fourth-order valence-electron chi connectivity index (χ4n) is 2.46. The van der Waals surface area contributed by atoms with Gasteiger partial charge in [-0.3, -0.25) is 5.32 Å². The maximum Gasteiger partial charge on any atom is 0.324 e. The number of para-hydroxylation sites is 1. The molecule has 0 aliphatic rings. The second-order valence-electron chi connectivity index (χ2n) is 7.12. The van der Waals surface area contributed by atoms with Crippen LogP contribution in [0.2, 0.25) is 10.0 Å². The van der Waals surface area contributed by atoms with E-state index in [0.29, 0.717) is 21.6 Å². The number of benzene rings is 2. The standard InChI is InChI=1S/C20H20Cl2N4O/c1-20(2,3)17-12-18(26(25-17)14-7-5-4-6-8-14)24-19(27)23-16-10-9-13(21)11-15(16)22/h4-12H,1-3H3,(H2,23,24,27). The van der Waals surface area contributed by atoms with Crippen LogP contribution in [0.5, 0.6) is 0 Å². The van der Waals surface area contributed by atoms with Crippen molar-refractivity contribution in [1.82, 2.24) is 9.78 Å². The normalized spacial score (nSPS) is 11.3. The molecular weight excluding hydrogens is 383 g/mol. The third-order valence-electron chi connectivity index (χ3n) is 3.90. The van der Waals surface area contributed by atoms with Gasteiger partial charge in [0.1, 0.15) is 5.82 Å². The number of carbonyl (C=O) groups excluding carboxylic acids is 1. The minimum absolute atomic E-state index is 0.160. The topological polar surface area (TPSA) is 59.0 Å². The zero-order chi connectivity index (χ0) is 19.6. The van der Waals surface area contributed by atoms with Gasteiger partial charge in [0.15, 0.2) is 0 Å². The predicted molar refractivity (Wildman–Crippen MR) is 111 cm³/mol. The van der Waals surface area contributed by atoms with Crippen LogP contribution in [0, 0.1) is 0 Å². The summed E-state index contributed by atoms with van der Waals surface area (Å²) in [5.41, 5.74) is 2.03. The Hall–Kier alpha value is -2.50. The lowest BCUT2D eigenvalue weighted by Gasteiger charge is -2.14. The second-order valence-corrected chi connectivity index (χ2v) is 7.96. The average Bonchev–Trinajstić information content (AvgIpc) is 3.02. The summed E-state index contributed by atoms with van der Waals surface area (Å²) in [4.78, 5) is 12.5. The van der Waals surface area contributed by atoms with Crippen molar-refractivity contribution in [2.24, 2.45) is 0 Å². The molecule has 0 aliphatic heterocycles. The zero-order valence-electron chi connectivity index (χ0n) is 15.3. The first-order chi connectivity index (χ1) is 12.7. The minimum Gasteiger partial charge on any atom is -0.306 e. The molecule has 0 aliphatic carbocycles. The van der Waals surface area contributed by atoms with E-state index in [-0.39, 0.29) is 5.41 Å². The maximum atomic E-state index is 12.5. The molecule has 2 N–H and O–H groups in total. The number of rotatable bonds is 3. The number of aromatic nitrogens is 2. The van der Waals surface area contributed by atoms with E-state index in [1.54, 1.807) is 22.9 Å². The number of hydrogen-bond acceptors (Lipinski definition) is 2. The molecule has 0 saturated carbocycles. The smallest absolute Gasteiger partial charge is 0.306 e. The first kappa shape index (κ1) is 19.3. The lowest BCUT2D eigenvalue weighted by Crippen LogP contribution is -2.21. The van der Waals surface area contributed by atoms with Gasteiger partial charge in [-0.1, -0.05) is 62.2 Å². The van der Waals surface area contributed by atoms with Gasteiger partial charge in [0.05, 0.1) is 22.1 Å². The highest BCUT2D eigenvalue weighted by molar-refractivity contribution is 6.36. The summed E-state index contributed by atoms with van der Waals surface area (Å²) >= 11 is 12.0. The number of halogens is 2. The van der Waals surface area contributed by atoms with Gasteiger partial charge < -0.3 is 5.32 Å². The van der Waals surface area contributed by atoms with Crippen molar-refractivity contribution in [3.63, 3.8) is 0 Å². The number of carbonyl (C=O) groups is 1. The Morgan fingerprint density at radius 3 is 2.33 bits per heavy atom. The van der Waals surface area contributed by atoms with E-state index < -0.39 is 6.03 Å². The van der Waals surface area contributed by atoms with Gasteiger partial charge in [0.2, 0.25) is 0 Å². The third kappa shape index (κ3) is 4.62. The number of nitrogens with zero attached hydrogens (tertiary/aromatic N) is 2. The molecule has 3 aromatic rings. The molecule has 2 amide bonds. The molecule has 7 heteroatoms. The van der Waals surface area contributed by atoms with Gasteiger partial charge in [-0.05, 0) is 30.3 Å². The predicted octanol–water partition coefficient (Wildman–Crippen LogP) is 6.12. The molecule has 0 bridgehead atoms. The van der Waals surface area contributed by atoms with Crippen LogP contribution in [0.3, 0.4) is 0 Å². The van der Waals surface area contributed by atoms with E-state index in [9.17, 15) is 4.79 Å². The van der Waals surface area contributed by atoms with Crippen molar-refractivity contribution in [3.05, 3.63) is 70.3 Å². The van der Waals surface area contributed by atoms with Crippen molar-refractivity contribution in [2.45, 2.75) is 26.2 Å². The number of nitrogens with one attached hydrogen (secondary N) is 2. The Bertz CT molecular complexity index is 962. The molecule has 3 rings (SSSR count). The van der Waals surface area contributed by atoms with Crippen LogP contribution in [0.4, 0.5) is 16.3 Å². The van der Waals surface area contributed by atoms with Crippen LogP contribution in [-0.2, 0) is 5.41 Å². The molecule has 0 atom stereocenters. The highest BCUT2D eigenvalue weighted by Crippen LogP contribution is 2.28. The van der Waals surface area contributed by atoms with Crippen molar-refractivity contribution in [3.8, 4) is 5.69 Å².